The molecule has 1 aromatic carbocycles. The van der Waals surface area contributed by atoms with Crippen LogP contribution in [0, 0.1) is 5.82 Å². The van der Waals surface area contributed by atoms with Crippen molar-refractivity contribution in [2.24, 2.45) is 7.05 Å². The molecule has 1 aromatic heterocycles. The van der Waals surface area contributed by atoms with Gasteiger partial charge in [0.15, 0.2) is 0 Å². The third-order valence-electron chi connectivity index (χ3n) is 3.23. The van der Waals surface area contributed by atoms with Gasteiger partial charge in [-0.3, -0.25) is 14.3 Å². The zero-order valence-corrected chi connectivity index (χ0v) is 12.6. The van der Waals surface area contributed by atoms with Crippen LogP contribution in [0.5, 0.6) is 0 Å². The summed E-state index contributed by atoms with van der Waals surface area (Å²) in [5, 5.41) is 23.6. The fourth-order valence-corrected chi connectivity index (χ4v) is 2.06. The number of benzene rings is 1. The average Bonchev–Trinajstić information content (AvgIpc) is 2.93. The summed E-state index contributed by atoms with van der Waals surface area (Å²) in [7, 11) is 1.70. The molecule has 1 atom stereocenters. The molecule has 0 saturated carbocycles. The number of hydrogen-bond acceptors (Lipinski definition) is 4. The molecule has 0 unspecified atom stereocenters. The first-order chi connectivity index (χ1) is 11.3. The summed E-state index contributed by atoms with van der Waals surface area (Å²) >= 11 is 0. The highest BCUT2D eigenvalue weighted by atomic mass is 19.1. The first-order valence-electron chi connectivity index (χ1n) is 6.82. The lowest BCUT2D eigenvalue weighted by atomic mass is 10.0. The van der Waals surface area contributed by atoms with E-state index in [4.69, 9.17) is 10.2 Å². The minimum absolute atomic E-state index is 0.381. The molecule has 2 aromatic rings. The van der Waals surface area contributed by atoms with Gasteiger partial charge in [-0.1, -0.05) is 6.07 Å². The molecule has 0 aliphatic rings. The lowest BCUT2D eigenvalue weighted by molar-refractivity contribution is -0.145. The highest BCUT2D eigenvalue weighted by Crippen LogP contribution is 2.21. The summed E-state index contributed by atoms with van der Waals surface area (Å²) in [6.45, 7) is 0. The number of carbonyl (C=O) groups is 3. The highest BCUT2D eigenvalue weighted by molar-refractivity contribution is 5.98. The number of carbonyl (C=O) groups excluding carboxylic acids is 1. The van der Waals surface area contributed by atoms with Crippen LogP contribution in [0.3, 0.4) is 0 Å². The molecule has 2 rings (SSSR count). The van der Waals surface area contributed by atoms with E-state index in [0.29, 0.717) is 11.1 Å². The van der Waals surface area contributed by atoms with E-state index in [2.05, 4.69) is 5.10 Å². The largest absolute Gasteiger partial charge is 0.481 e. The summed E-state index contributed by atoms with van der Waals surface area (Å²) < 4.78 is 15.4. The van der Waals surface area contributed by atoms with E-state index in [9.17, 15) is 18.8 Å². The Hall–Kier alpha value is -3.23. The molecule has 8 nitrogen and oxygen atoms in total. The Morgan fingerprint density at radius 3 is 2.54 bits per heavy atom. The summed E-state index contributed by atoms with van der Waals surface area (Å²) in [5.74, 6) is -4.77. The molecule has 3 N–H and O–H groups in total. The molecule has 0 spiro atoms. The van der Waals surface area contributed by atoms with E-state index in [0.717, 1.165) is 6.07 Å². The van der Waals surface area contributed by atoms with Crippen molar-refractivity contribution in [1.82, 2.24) is 15.1 Å². The number of aryl methyl sites for hydroxylation is 1. The molecular formula is C15H14FN3O5. The van der Waals surface area contributed by atoms with Crippen molar-refractivity contribution in [3.05, 3.63) is 42.0 Å². The van der Waals surface area contributed by atoms with E-state index in [-0.39, 0.29) is 5.56 Å². The maximum atomic E-state index is 13.9. The number of amides is 1. The number of carboxylic acids is 2. The normalized spacial score (nSPS) is 11.8. The van der Waals surface area contributed by atoms with Gasteiger partial charge in [0.25, 0.3) is 5.91 Å². The molecule has 0 radical (unpaired) electrons. The van der Waals surface area contributed by atoms with E-state index in [1.165, 1.54) is 23.0 Å². The topological polar surface area (TPSA) is 122 Å². The summed E-state index contributed by atoms with van der Waals surface area (Å²) in [4.78, 5) is 33.8. The molecule has 24 heavy (non-hydrogen) atoms. The van der Waals surface area contributed by atoms with Gasteiger partial charge in [-0.25, -0.2) is 9.18 Å². The Bertz CT molecular complexity index is 802. The molecule has 1 heterocycles. The summed E-state index contributed by atoms with van der Waals surface area (Å²) in [5.41, 5.74) is 0.777. The first-order valence-corrected chi connectivity index (χ1v) is 6.82. The first kappa shape index (κ1) is 17.1. The van der Waals surface area contributed by atoms with Gasteiger partial charge in [0.2, 0.25) is 0 Å². The average molecular weight is 335 g/mol. The predicted molar refractivity (Wildman–Crippen MR) is 79.7 cm³/mol. The Balaban J connectivity index is 2.28. The lowest BCUT2D eigenvalue weighted by Gasteiger charge is -2.13. The molecule has 9 heteroatoms. The van der Waals surface area contributed by atoms with Crippen LogP contribution in [-0.4, -0.2) is 43.9 Å². The van der Waals surface area contributed by atoms with Crippen molar-refractivity contribution >= 4 is 17.8 Å². The van der Waals surface area contributed by atoms with Crippen LogP contribution in [0.2, 0.25) is 0 Å². The summed E-state index contributed by atoms with van der Waals surface area (Å²) in [6.07, 6.45) is 2.38. The van der Waals surface area contributed by atoms with Crippen LogP contribution in [0.25, 0.3) is 11.1 Å². The third-order valence-corrected chi connectivity index (χ3v) is 3.23. The van der Waals surface area contributed by atoms with Crippen LogP contribution in [0.15, 0.2) is 30.6 Å². The second kappa shape index (κ2) is 6.90. The molecule has 126 valence electrons. The zero-order chi connectivity index (χ0) is 17.9. The molecule has 1 amide bonds. The number of nitrogens with one attached hydrogen (secondary N) is 1. The number of aromatic nitrogens is 2. The standard InChI is InChI=1S/C15H14FN3O5/c1-19-7-9(6-17-19)8-2-3-11(16)10(4-8)14(22)18-12(15(23)24)5-13(20)21/h2-4,6-7,12H,5H2,1H3,(H,18,22)(H,20,21)(H,23,24)/t12-/m0/s1. The van der Waals surface area contributed by atoms with Crippen LogP contribution in [0.1, 0.15) is 16.8 Å². The maximum Gasteiger partial charge on any atom is 0.326 e. The molecule has 0 bridgehead atoms. The second-order valence-corrected chi connectivity index (χ2v) is 5.06. The van der Waals surface area contributed by atoms with E-state index in [1.54, 1.807) is 13.2 Å². The van der Waals surface area contributed by atoms with Crippen molar-refractivity contribution in [3.8, 4) is 11.1 Å². The van der Waals surface area contributed by atoms with Crippen molar-refractivity contribution in [1.29, 1.82) is 0 Å². The van der Waals surface area contributed by atoms with Crippen molar-refractivity contribution in [2.45, 2.75) is 12.5 Å². The molecule has 0 fully saturated rings. The monoisotopic (exact) mass is 335 g/mol. The maximum absolute atomic E-state index is 13.9. The van der Waals surface area contributed by atoms with Gasteiger partial charge in [0.1, 0.15) is 11.9 Å². The van der Waals surface area contributed by atoms with Gasteiger partial charge in [-0.15, -0.1) is 0 Å². The van der Waals surface area contributed by atoms with Crippen LogP contribution in [-0.2, 0) is 16.6 Å². The highest BCUT2D eigenvalue weighted by Gasteiger charge is 2.25. The van der Waals surface area contributed by atoms with Crippen LogP contribution < -0.4 is 5.32 Å². The second-order valence-electron chi connectivity index (χ2n) is 5.06. The van der Waals surface area contributed by atoms with Gasteiger partial charge in [0.05, 0.1) is 18.2 Å². The van der Waals surface area contributed by atoms with Crippen LogP contribution >= 0.6 is 0 Å². The van der Waals surface area contributed by atoms with E-state index >= 15 is 0 Å². The fourth-order valence-electron chi connectivity index (χ4n) is 2.06. The number of aliphatic carboxylic acids is 2. The number of halogens is 1. The van der Waals surface area contributed by atoms with E-state index in [1.807, 2.05) is 5.32 Å². The number of nitrogens with zero attached hydrogens (tertiary/aromatic N) is 2. The van der Waals surface area contributed by atoms with Crippen molar-refractivity contribution in [2.75, 3.05) is 0 Å². The Kier molecular flexibility index (Phi) is 4.93. The van der Waals surface area contributed by atoms with Gasteiger partial charge in [0, 0.05) is 18.8 Å². The van der Waals surface area contributed by atoms with Gasteiger partial charge in [-0.2, -0.15) is 5.10 Å². The number of hydrogen-bond donors (Lipinski definition) is 3. The van der Waals surface area contributed by atoms with Gasteiger partial charge >= 0.3 is 11.9 Å². The molecule has 0 aliphatic carbocycles. The Labute approximate surface area is 135 Å². The fraction of sp³-hybridized carbons (Fsp3) is 0.200. The third kappa shape index (κ3) is 3.94. The van der Waals surface area contributed by atoms with Gasteiger partial charge < -0.3 is 15.5 Å². The lowest BCUT2D eigenvalue weighted by Crippen LogP contribution is -2.42. The quantitative estimate of drug-likeness (QED) is 0.720. The Morgan fingerprint density at radius 1 is 1.29 bits per heavy atom. The minimum Gasteiger partial charge on any atom is -0.481 e. The molecule has 0 saturated heterocycles. The summed E-state index contributed by atoms with van der Waals surface area (Å²) in [6, 6.07) is 2.12. The minimum atomic E-state index is -1.66. The van der Waals surface area contributed by atoms with Crippen molar-refractivity contribution < 1.29 is 29.0 Å². The van der Waals surface area contributed by atoms with Gasteiger partial charge in [-0.05, 0) is 17.7 Å². The number of carboxylic acid groups (broad SMARTS) is 2. The van der Waals surface area contributed by atoms with Crippen molar-refractivity contribution in [3.63, 3.8) is 0 Å². The van der Waals surface area contributed by atoms with E-state index < -0.39 is 36.1 Å². The van der Waals surface area contributed by atoms with Crippen LogP contribution in [0.4, 0.5) is 4.39 Å². The molecular weight excluding hydrogens is 321 g/mol. The Morgan fingerprint density at radius 2 is 2.00 bits per heavy atom. The smallest absolute Gasteiger partial charge is 0.326 e. The SMILES string of the molecule is Cn1cc(-c2ccc(F)c(C(=O)N[C@@H](CC(=O)O)C(=O)O)c2)cn1. The predicted octanol–water partition coefficient (Wildman–Crippen LogP) is 0.884. The molecule has 0 aliphatic heterocycles. The zero-order valence-electron chi connectivity index (χ0n) is 12.6. The number of rotatable bonds is 6.